The van der Waals surface area contributed by atoms with E-state index in [4.69, 9.17) is 0 Å². The van der Waals surface area contributed by atoms with E-state index in [0.717, 1.165) is 25.0 Å². The number of amides is 4. The van der Waals surface area contributed by atoms with Gasteiger partial charge in [-0.15, -0.1) is 0 Å². The largest absolute Gasteiger partial charge is 0.416 e. The molecule has 4 rings (SSSR count). The molecule has 1 aliphatic heterocycles. The topological polar surface area (TPSA) is 81.8 Å². The molecule has 1 heterocycles. The van der Waals surface area contributed by atoms with Crippen LogP contribution in [0.5, 0.6) is 0 Å². The van der Waals surface area contributed by atoms with Crippen molar-refractivity contribution < 1.29 is 27.6 Å². The zero-order chi connectivity index (χ0) is 25.4. The van der Waals surface area contributed by atoms with Gasteiger partial charge in [0.15, 0.2) is 0 Å². The fourth-order valence-electron chi connectivity index (χ4n) is 4.52. The Morgan fingerprint density at radius 3 is 2.46 bits per heavy atom. The smallest absolute Gasteiger partial charge is 0.318 e. The van der Waals surface area contributed by atoms with Crippen LogP contribution in [0, 0.1) is 0 Å². The van der Waals surface area contributed by atoms with Gasteiger partial charge in [0.25, 0.3) is 11.8 Å². The van der Waals surface area contributed by atoms with Gasteiger partial charge in [-0.2, -0.15) is 18.2 Å². The number of hydrogen-bond donors (Lipinski definition) is 2. The molecule has 2 unspecified atom stereocenters. The Morgan fingerprint density at radius 2 is 1.86 bits per heavy atom. The van der Waals surface area contributed by atoms with Crippen LogP contribution in [0.15, 0.2) is 54.6 Å². The maximum absolute atomic E-state index is 13.2. The van der Waals surface area contributed by atoms with Gasteiger partial charge in [-0.1, -0.05) is 49.4 Å². The summed E-state index contributed by atoms with van der Waals surface area (Å²) >= 11 is 0. The fraction of sp³-hybridized carbons (Fsp3) is 0.400. The molecular weight excluding hydrogens is 461 g/mol. The minimum Gasteiger partial charge on any atom is -0.318 e. The summed E-state index contributed by atoms with van der Waals surface area (Å²) in [5.74, 6) is -1.19. The van der Waals surface area contributed by atoms with E-state index < -0.39 is 41.2 Å². The number of nitrogens with zero attached hydrogens (tertiary/aromatic N) is 2. The third-order valence-electron chi connectivity index (χ3n) is 6.66. The Bertz CT molecular complexity index is 1120. The first-order valence-electron chi connectivity index (χ1n) is 11.5. The van der Waals surface area contributed by atoms with Crippen molar-refractivity contribution in [2.24, 2.45) is 0 Å². The quantitative estimate of drug-likeness (QED) is 0.548. The van der Waals surface area contributed by atoms with E-state index in [1.165, 1.54) is 6.07 Å². The average Bonchev–Trinajstić information content (AvgIpc) is 3.65. The highest BCUT2D eigenvalue weighted by atomic mass is 19.4. The van der Waals surface area contributed by atoms with Crippen molar-refractivity contribution in [3.8, 4) is 0 Å². The zero-order valence-corrected chi connectivity index (χ0v) is 19.4. The SMILES string of the molecule is CCC1(c2ccccc2)NC(=O)N(NC(=O)CN(C2CC2)C(C)c2cccc(C(F)(F)F)c2)C1=O. The molecule has 0 bridgehead atoms. The molecule has 2 aromatic rings. The monoisotopic (exact) mass is 488 g/mol. The van der Waals surface area contributed by atoms with Crippen molar-refractivity contribution in [1.29, 1.82) is 0 Å². The van der Waals surface area contributed by atoms with E-state index in [-0.39, 0.29) is 19.0 Å². The maximum Gasteiger partial charge on any atom is 0.416 e. The second-order valence-corrected chi connectivity index (χ2v) is 8.93. The number of benzene rings is 2. The first kappa shape index (κ1) is 24.7. The fourth-order valence-corrected chi connectivity index (χ4v) is 4.52. The van der Waals surface area contributed by atoms with Crippen LogP contribution in [0.3, 0.4) is 0 Å². The highest BCUT2D eigenvalue weighted by Gasteiger charge is 2.52. The molecule has 2 aliphatic rings. The number of urea groups is 1. The lowest BCUT2D eigenvalue weighted by Crippen LogP contribution is -2.51. The van der Waals surface area contributed by atoms with Crippen LogP contribution >= 0.6 is 0 Å². The summed E-state index contributed by atoms with van der Waals surface area (Å²) in [7, 11) is 0. The van der Waals surface area contributed by atoms with Gasteiger partial charge in [0.2, 0.25) is 0 Å². The molecule has 2 N–H and O–H groups in total. The molecule has 1 aliphatic carbocycles. The molecule has 0 aromatic heterocycles. The van der Waals surface area contributed by atoms with Crippen molar-refractivity contribution >= 4 is 17.8 Å². The zero-order valence-electron chi connectivity index (χ0n) is 19.4. The molecule has 1 saturated carbocycles. The lowest BCUT2D eigenvalue weighted by Gasteiger charge is -2.30. The minimum absolute atomic E-state index is 0.0347. The van der Waals surface area contributed by atoms with Gasteiger partial charge in [-0.05, 0) is 49.4 Å². The molecule has 1 saturated heterocycles. The summed E-state index contributed by atoms with van der Waals surface area (Å²) in [6.45, 7) is 3.33. The van der Waals surface area contributed by atoms with E-state index in [0.29, 0.717) is 16.1 Å². The summed E-state index contributed by atoms with van der Waals surface area (Å²) < 4.78 is 39.5. The summed E-state index contributed by atoms with van der Waals surface area (Å²) in [4.78, 5) is 40.6. The number of nitrogens with one attached hydrogen (secondary N) is 2. The van der Waals surface area contributed by atoms with E-state index in [1.807, 2.05) is 0 Å². The summed E-state index contributed by atoms with van der Waals surface area (Å²) in [6.07, 6.45) is -2.56. The first-order valence-corrected chi connectivity index (χ1v) is 11.5. The van der Waals surface area contributed by atoms with Crippen LogP contribution in [0.1, 0.15) is 55.8 Å². The Labute approximate surface area is 201 Å². The Morgan fingerprint density at radius 1 is 1.17 bits per heavy atom. The van der Waals surface area contributed by atoms with Gasteiger partial charge in [-0.25, -0.2) is 4.79 Å². The first-order chi connectivity index (χ1) is 16.6. The molecule has 2 fully saturated rings. The van der Waals surface area contributed by atoms with Gasteiger partial charge < -0.3 is 5.32 Å². The number of hydrogen-bond acceptors (Lipinski definition) is 4. The van der Waals surface area contributed by atoms with Gasteiger partial charge in [0, 0.05) is 12.1 Å². The number of hydrazine groups is 1. The van der Waals surface area contributed by atoms with Crippen LogP contribution in [0.2, 0.25) is 0 Å². The molecule has 4 amide bonds. The van der Waals surface area contributed by atoms with Crippen molar-refractivity contribution in [1.82, 2.24) is 20.7 Å². The van der Waals surface area contributed by atoms with Crippen LogP contribution in [0.4, 0.5) is 18.0 Å². The number of carbonyl (C=O) groups excluding carboxylic acids is 3. The van der Waals surface area contributed by atoms with E-state index in [2.05, 4.69) is 10.7 Å². The number of carbonyl (C=O) groups is 3. The Kier molecular flexibility index (Phi) is 6.59. The number of alkyl halides is 3. The van der Waals surface area contributed by atoms with E-state index >= 15 is 0 Å². The molecule has 186 valence electrons. The van der Waals surface area contributed by atoms with Crippen LogP contribution in [0.25, 0.3) is 0 Å². The summed E-state index contributed by atoms with van der Waals surface area (Å²) in [5.41, 5.74) is 1.41. The predicted molar refractivity (Wildman–Crippen MR) is 122 cm³/mol. The van der Waals surface area contributed by atoms with Gasteiger partial charge in [0.05, 0.1) is 12.1 Å². The van der Waals surface area contributed by atoms with Crippen molar-refractivity contribution in [3.05, 3.63) is 71.3 Å². The highest BCUT2D eigenvalue weighted by Crippen LogP contribution is 2.37. The van der Waals surface area contributed by atoms with Gasteiger partial charge >= 0.3 is 12.2 Å². The Balaban J connectivity index is 1.49. The van der Waals surface area contributed by atoms with E-state index in [9.17, 15) is 27.6 Å². The van der Waals surface area contributed by atoms with Crippen LogP contribution in [-0.2, 0) is 21.3 Å². The predicted octanol–water partition coefficient (Wildman–Crippen LogP) is 4.12. The molecule has 0 spiro atoms. The number of imide groups is 1. The van der Waals surface area contributed by atoms with E-state index in [1.54, 1.807) is 55.1 Å². The van der Waals surface area contributed by atoms with Crippen molar-refractivity contribution in [3.63, 3.8) is 0 Å². The van der Waals surface area contributed by atoms with Crippen molar-refractivity contribution in [2.45, 2.75) is 56.9 Å². The van der Waals surface area contributed by atoms with Crippen LogP contribution in [-0.4, -0.2) is 40.3 Å². The standard InChI is InChI=1S/C25H27F3N4O3/c1-3-24(18-9-5-4-6-10-18)22(34)32(23(35)29-24)30-21(33)15-31(20-12-13-20)16(2)17-8-7-11-19(14-17)25(26,27)28/h4-11,14,16,20H,3,12-13,15H2,1-2H3,(H,29,35)(H,30,33). The van der Waals surface area contributed by atoms with Crippen molar-refractivity contribution in [2.75, 3.05) is 6.54 Å². The van der Waals surface area contributed by atoms with Gasteiger partial charge in [-0.3, -0.25) is 19.9 Å². The second-order valence-electron chi connectivity index (χ2n) is 8.93. The third kappa shape index (κ3) is 4.88. The highest BCUT2D eigenvalue weighted by molar-refractivity contribution is 6.08. The maximum atomic E-state index is 13.2. The molecule has 7 nitrogen and oxygen atoms in total. The summed E-state index contributed by atoms with van der Waals surface area (Å²) in [5, 5.41) is 3.39. The summed E-state index contributed by atoms with van der Waals surface area (Å²) in [6, 6.07) is 12.7. The molecule has 2 atom stereocenters. The number of halogens is 3. The van der Waals surface area contributed by atoms with Crippen LogP contribution < -0.4 is 10.7 Å². The number of rotatable bonds is 8. The molecule has 2 aromatic carbocycles. The second kappa shape index (κ2) is 9.33. The molecule has 0 radical (unpaired) electrons. The third-order valence-corrected chi connectivity index (χ3v) is 6.66. The molecule has 10 heteroatoms. The Hall–Kier alpha value is -3.40. The van der Waals surface area contributed by atoms with Gasteiger partial charge in [0.1, 0.15) is 5.54 Å². The minimum atomic E-state index is -4.47. The lowest BCUT2D eigenvalue weighted by atomic mass is 9.87. The lowest BCUT2D eigenvalue weighted by molar-refractivity contribution is -0.140. The molecule has 35 heavy (non-hydrogen) atoms. The average molecular weight is 489 g/mol. The normalized spacial score (nSPS) is 21.3. The molecular formula is C25H27F3N4O3.